The molecule has 0 spiro atoms. The Morgan fingerprint density at radius 1 is 1.33 bits per heavy atom. The molecule has 0 atom stereocenters. The number of halogens is 2. The van der Waals surface area contributed by atoms with Crippen LogP contribution in [0.4, 0.5) is 10.1 Å². The highest BCUT2D eigenvalue weighted by Crippen LogP contribution is 2.28. The fourth-order valence-electron chi connectivity index (χ4n) is 1.58. The lowest BCUT2D eigenvalue weighted by Crippen LogP contribution is -2.14. The number of anilines is 1. The lowest BCUT2D eigenvalue weighted by molar-refractivity contribution is 0.340. The van der Waals surface area contributed by atoms with Crippen molar-refractivity contribution in [3.63, 3.8) is 0 Å². The van der Waals surface area contributed by atoms with E-state index in [2.05, 4.69) is 9.71 Å². The summed E-state index contributed by atoms with van der Waals surface area (Å²) in [6, 6.07) is 6.23. The molecule has 0 saturated carbocycles. The molecule has 0 radical (unpaired) electrons. The van der Waals surface area contributed by atoms with Gasteiger partial charge in [-0.05, 0) is 31.2 Å². The number of rotatable bonds is 5. The Balaban J connectivity index is 2.34. The van der Waals surface area contributed by atoms with Crippen molar-refractivity contribution in [1.82, 2.24) is 4.98 Å². The van der Waals surface area contributed by atoms with Crippen molar-refractivity contribution in [2.24, 2.45) is 0 Å². The minimum atomic E-state index is -3.86. The first-order chi connectivity index (χ1) is 9.92. The molecule has 0 amide bonds. The van der Waals surface area contributed by atoms with Gasteiger partial charge in [0.2, 0.25) is 0 Å². The van der Waals surface area contributed by atoms with Crippen LogP contribution in [0, 0.1) is 5.82 Å². The molecule has 0 aliphatic heterocycles. The summed E-state index contributed by atoms with van der Waals surface area (Å²) in [6.45, 7) is 1.99. The maximum absolute atomic E-state index is 13.2. The normalized spacial score (nSPS) is 11.2. The van der Waals surface area contributed by atoms with Crippen LogP contribution in [0.3, 0.4) is 0 Å². The first-order valence-corrected chi connectivity index (χ1v) is 7.85. The fourth-order valence-corrected chi connectivity index (χ4v) is 2.71. The fraction of sp³-hybridized carbons (Fsp3) is 0.154. The molecule has 112 valence electrons. The van der Waals surface area contributed by atoms with Crippen molar-refractivity contribution in [2.75, 3.05) is 11.3 Å². The number of nitrogens with zero attached hydrogens (tertiary/aromatic N) is 1. The largest absolute Gasteiger partial charge is 0.492 e. The summed E-state index contributed by atoms with van der Waals surface area (Å²) in [7, 11) is -3.86. The average molecular weight is 331 g/mol. The maximum Gasteiger partial charge on any atom is 0.263 e. The van der Waals surface area contributed by atoms with E-state index in [1.807, 2.05) is 0 Å². The maximum atomic E-state index is 13.2. The van der Waals surface area contributed by atoms with E-state index in [0.29, 0.717) is 0 Å². The van der Waals surface area contributed by atoms with E-state index < -0.39 is 15.8 Å². The van der Waals surface area contributed by atoms with Crippen molar-refractivity contribution in [3.05, 3.63) is 47.5 Å². The minimum Gasteiger partial charge on any atom is -0.492 e. The van der Waals surface area contributed by atoms with Crippen molar-refractivity contribution in [2.45, 2.75) is 11.8 Å². The lowest BCUT2D eigenvalue weighted by Gasteiger charge is -2.12. The van der Waals surface area contributed by atoms with E-state index in [1.54, 1.807) is 6.92 Å². The van der Waals surface area contributed by atoms with E-state index >= 15 is 0 Å². The molecule has 0 fully saturated rings. The average Bonchev–Trinajstić information content (AvgIpc) is 2.42. The van der Waals surface area contributed by atoms with Gasteiger partial charge in [0.05, 0.1) is 12.3 Å². The molecular formula is C13H12ClFN2O3S. The van der Waals surface area contributed by atoms with Crippen LogP contribution in [-0.2, 0) is 10.0 Å². The summed E-state index contributed by atoms with van der Waals surface area (Å²) in [6.07, 6.45) is 1.13. The molecule has 1 aromatic heterocycles. The van der Waals surface area contributed by atoms with Gasteiger partial charge < -0.3 is 4.74 Å². The number of nitrogens with one attached hydrogen (secondary N) is 1. The Bertz CT molecular complexity index is 736. The first-order valence-electron chi connectivity index (χ1n) is 5.99. The monoisotopic (exact) mass is 330 g/mol. The number of ether oxygens (including phenoxy) is 1. The van der Waals surface area contributed by atoms with E-state index in [1.165, 1.54) is 18.2 Å². The SMILES string of the molecule is CCOc1cc(F)ccc1NS(=O)(=O)c1ccc(Cl)nc1. The first kappa shape index (κ1) is 15.5. The molecule has 0 saturated heterocycles. The molecule has 0 aliphatic rings. The molecule has 2 aromatic rings. The van der Waals surface area contributed by atoms with Crippen LogP contribution in [-0.4, -0.2) is 20.0 Å². The highest BCUT2D eigenvalue weighted by atomic mass is 35.5. The van der Waals surface area contributed by atoms with Crippen molar-refractivity contribution >= 4 is 27.3 Å². The Morgan fingerprint density at radius 2 is 2.10 bits per heavy atom. The Hall–Kier alpha value is -1.86. The van der Waals surface area contributed by atoms with Crippen molar-refractivity contribution in [1.29, 1.82) is 0 Å². The van der Waals surface area contributed by atoms with E-state index in [0.717, 1.165) is 18.3 Å². The quantitative estimate of drug-likeness (QED) is 0.855. The molecular weight excluding hydrogens is 319 g/mol. The van der Waals surface area contributed by atoms with Gasteiger partial charge in [0, 0.05) is 12.3 Å². The summed E-state index contributed by atoms with van der Waals surface area (Å²) in [5.74, 6) is -0.405. The highest BCUT2D eigenvalue weighted by Gasteiger charge is 2.17. The zero-order chi connectivity index (χ0) is 15.5. The summed E-state index contributed by atoms with van der Waals surface area (Å²) >= 11 is 5.62. The number of hydrogen-bond donors (Lipinski definition) is 1. The van der Waals surface area contributed by atoms with Gasteiger partial charge in [0.1, 0.15) is 21.6 Å². The molecule has 5 nitrogen and oxygen atoms in total. The zero-order valence-electron chi connectivity index (χ0n) is 11.0. The van der Waals surface area contributed by atoms with Gasteiger partial charge in [-0.15, -0.1) is 0 Å². The molecule has 21 heavy (non-hydrogen) atoms. The number of aromatic nitrogens is 1. The van der Waals surface area contributed by atoms with Crippen LogP contribution in [0.25, 0.3) is 0 Å². The van der Waals surface area contributed by atoms with Crippen LogP contribution in [0.2, 0.25) is 5.15 Å². The standard InChI is InChI=1S/C13H12ClFN2O3S/c1-2-20-12-7-9(15)3-5-11(12)17-21(18,19)10-4-6-13(14)16-8-10/h3-8,17H,2H2,1H3. The second-order valence-corrected chi connectivity index (χ2v) is 6.07. The molecule has 1 heterocycles. The van der Waals surface area contributed by atoms with Gasteiger partial charge in [-0.25, -0.2) is 17.8 Å². The van der Waals surface area contributed by atoms with E-state index in [4.69, 9.17) is 16.3 Å². The summed E-state index contributed by atoms with van der Waals surface area (Å²) in [5.41, 5.74) is 0.146. The number of sulfonamides is 1. The van der Waals surface area contributed by atoms with Crippen molar-refractivity contribution < 1.29 is 17.5 Å². The lowest BCUT2D eigenvalue weighted by atomic mass is 10.3. The van der Waals surface area contributed by atoms with Gasteiger partial charge >= 0.3 is 0 Å². The van der Waals surface area contributed by atoms with Gasteiger partial charge in [0.25, 0.3) is 10.0 Å². The second-order valence-electron chi connectivity index (χ2n) is 4.00. The summed E-state index contributed by atoms with van der Waals surface area (Å²) in [4.78, 5) is 3.66. The molecule has 1 N–H and O–H groups in total. The van der Waals surface area contributed by atoms with Crippen LogP contribution >= 0.6 is 11.6 Å². The summed E-state index contributed by atoms with van der Waals surface area (Å²) < 4.78 is 45.2. The Kier molecular flexibility index (Phi) is 4.64. The molecule has 2 rings (SSSR count). The second kappa shape index (κ2) is 6.28. The van der Waals surface area contributed by atoms with Crippen LogP contribution < -0.4 is 9.46 Å². The van der Waals surface area contributed by atoms with E-state index in [-0.39, 0.29) is 28.1 Å². The predicted octanol–water partition coefficient (Wildman–Crippen LogP) is 3.07. The van der Waals surface area contributed by atoms with Crippen molar-refractivity contribution in [3.8, 4) is 5.75 Å². The third-order valence-corrected chi connectivity index (χ3v) is 4.07. The van der Waals surface area contributed by atoms with Crippen LogP contribution in [0.15, 0.2) is 41.4 Å². The molecule has 8 heteroatoms. The van der Waals surface area contributed by atoms with Gasteiger partial charge in [-0.3, -0.25) is 4.72 Å². The number of hydrogen-bond acceptors (Lipinski definition) is 4. The zero-order valence-corrected chi connectivity index (χ0v) is 12.6. The number of benzene rings is 1. The number of pyridine rings is 1. The molecule has 0 aliphatic carbocycles. The molecule has 0 bridgehead atoms. The smallest absolute Gasteiger partial charge is 0.263 e. The highest BCUT2D eigenvalue weighted by molar-refractivity contribution is 7.92. The minimum absolute atomic E-state index is 0.0568. The van der Waals surface area contributed by atoms with Gasteiger partial charge in [-0.2, -0.15) is 0 Å². The van der Waals surface area contributed by atoms with Crippen LogP contribution in [0.5, 0.6) is 5.75 Å². The van der Waals surface area contributed by atoms with Crippen LogP contribution in [0.1, 0.15) is 6.92 Å². The third-order valence-electron chi connectivity index (χ3n) is 2.50. The third kappa shape index (κ3) is 3.83. The Morgan fingerprint density at radius 3 is 2.71 bits per heavy atom. The molecule has 1 aromatic carbocycles. The van der Waals surface area contributed by atoms with Gasteiger partial charge in [-0.1, -0.05) is 11.6 Å². The molecule has 0 unspecified atom stereocenters. The Labute approximate surface area is 126 Å². The van der Waals surface area contributed by atoms with Gasteiger partial charge in [0.15, 0.2) is 0 Å². The topological polar surface area (TPSA) is 68.3 Å². The predicted molar refractivity (Wildman–Crippen MR) is 77.6 cm³/mol. The summed E-state index contributed by atoms with van der Waals surface area (Å²) in [5, 5.41) is 0.186. The van der Waals surface area contributed by atoms with E-state index in [9.17, 15) is 12.8 Å².